The Balaban J connectivity index is 2.62. The van der Waals surface area contributed by atoms with E-state index >= 15 is 0 Å². The van der Waals surface area contributed by atoms with Crippen LogP contribution in [0.5, 0.6) is 5.75 Å². The van der Waals surface area contributed by atoms with Crippen molar-refractivity contribution >= 4 is 5.97 Å². The van der Waals surface area contributed by atoms with E-state index in [2.05, 4.69) is 0 Å². The number of rotatable bonds is 4. The van der Waals surface area contributed by atoms with E-state index in [4.69, 9.17) is 9.47 Å². The van der Waals surface area contributed by atoms with Gasteiger partial charge in [-0.3, -0.25) is 0 Å². The lowest BCUT2D eigenvalue weighted by Gasteiger charge is -2.14. The molecule has 0 saturated heterocycles. The number of benzene rings is 1. The van der Waals surface area contributed by atoms with E-state index in [1.54, 1.807) is 13.8 Å². The Morgan fingerprint density at radius 1 is 1.40 bits per heavy atom. The first-order chi connectivity index (χ1) is 7.15. The highest BCUT2D eigenvalue weighted by atomic mass is 16.6. The number of esters is 1. The summed E-state index contributed by atoms with van der Waals surface area (Å²) in [6, 6.07) is 7.58. The molecule has 1 aromatic carbocycles. The summed E-state index contributed by atoms with van der Waals surface area (Å²) >= 11 is 0. The molecular weight excluding hydrogens is 192 g/mol. The molecular formula is C12H16O3. The van der Waals surface area contributed by atoms with Gasteiger partial charge in [0.15, 0.2) is 6.10 Å². The molecule has 1 aromatic rings. The van der Waals surface area contributed by atoms with E-state index < -0.39 is 6.10 Å². The van der Waals surface area contributed by atoms with Crippen LogP contribution in [0.25, 0.3) is 0 Å². The summed E-state index contributed by atoms with van der Waals surface area (Å²) in [5, 5.41) is 0. The highest BCUT2D eigenvalue weighted by Crippen LogP contribution is 2.17. The molecule has 15 heavy (non-hydrogen) atoms. The first-order valence-electron chi connectivity index (χ1n) is 5.04. The van der Waals surface area contributed by atoms with Gasteiger partial charge in [-0.1, -0.05) is 18.2 Å². The summed E-state index contributed by atoms with van der Waals surface area (Å²) in [7, 11) is 0. The van der Waals surface area contributed by atoms with Gasteiger partial charge in [0.25, 0.3) is 0 Å². The van der Waals surface area contributed by atoms with Crippen molar-refractivity contribution in [2.45, 2.75) is 26.9 Å². The van der Waals surface area contributed by atoms with Gasteiger partial charge in [-0.2, -0.15) is 0 Å². The average Bonchev–Trinajstić information content (AvgIpc) is 2.21. The Kier molecular flexibility index (Phi) is 4.16. The predicted octanol–water partition coefficient (Wildman–Crippen LogP) is 2.33. The maximum Gasteiger partial charge on any atom is 0.347 e. The van der Waals surface area contributed by atoms with Crippen LogP contribution in [0.4, 0.5) is 0 Å². The van der Waals surface area contributed by atoms with Crippen molar-refractivity contribution < 1.29 is 14.3 Å². The second-order valence-corrected chi connectivity index (χ2v) is 3.28. The fourth-order valence-corrected chi connectivity index (χ4v) is 1.19. The van der Waals surface area contributed by atoms with Gasteiger partial charge in [-0.25, -0.2) is 4.79 Å². The zero-order valence-corrected chi connectivity index (χ0v) is 9.32. The van der Waals surface area contributed by atoms with E-state index in [0.29, 0.717) is 6.61 Å². The molecule has 82 valence electrons. The minimum Gasteiger partial charge on any atom is -0.479 e. The first-order valence-corrected chi connectivity index (χ1v) is 5.04. The van der Waals surface area contributed by atoms with Crippen LogP contribution in [0, 0.1) is 6.92 Å². The number of hydrogen-bond donors (Lipinski definition) is 0. The first kappa shape index (κ1) is 11.6. The maximum absolute atomic E-state index is 11.3. The molecule has 0 fully saturated rings. The molecule has 0 amide bonds. The summed E-state index contributed by atoms with van der Waals surface area (Å²) in [5.41, 5.74) is 1.01. The molecule has 0 aliphatic carbocycles. The Morgan fingerprint density at radius 3 is 2.67 bits per heavy atom. The average molecular weight is 208 g/mol. The number of carbonyl (C=O) groups is 1. The molecule has 0 spiro atoms. The molecule has 0 unspecified atom stereocenters. The minimum absolute atomic E-state index is 0.333. The Labute approximate surface area is 90.0 Å². The Bertz CT molecular complexity index is 333. The van der Waals surface area contributed by atoms with E-state index in [9.17, 15) is 4.79 Å². The third-order valence-electron chi connectivity index (χ3n) is 2.02. The molecule has 0 aromatic heterocycles. The molecule has 0 radical (unpaired) electrons. The van der Waals surface area contributed by atoms with Gasteiger partial charge >= 0.3 is 5.97 Å². The van der Waals surface area contributed by atoms with Crippen LogP contribution in [0.15, 0.2) is 24.3 Å². The molecule has 0 N–H and O–H groups in total. The maximum atomic E-state index is 11.3. The van der Waals surface area contributed by atoms with Crippen molar-refractivity contribution in [3.05, 3.63) is 29.8 Å². The SMILES string of the molecule is CCOC(=O)[C@@H](C)Oc1ccccc1C. The molecule has 0 saturated carbocycles. The topological polar surface area (TPSA) is 35.5 Å². The molecule has 0 aliphatic heterocycles. The van der Waals surface area contributed by atoms with Gasteiger partial charge in [0.1, 0.15) is 5.75 Å². The van der Waals surface area contributed by atoms with Gasteiger partial charge in [0.05, 0.1) is 6.61 Å². The fraction of sp³-hybridized carbons (Fsp3) is 0.417. The van der Waals surface area contributed by atoms with Crippen molar-refractivity contribution in [3.63, 3.8) is 0 Å². The van der Waals surface area contributed by atoms with Gasteiger partial charge in [-0.15, -0.1) is 0 Å². The lowest BCUT2D eigenvalue weighted by molar-refractivity contribution is -0.150. The number of hydrogen-bond acceptors (Lipinski definition) is 3. The zero-order valence-electron chi connectivity index (χ0n) is 9.32. The number of carbonyl (C=O) groups excluding carboxylic acids is 1. The van der Waals surface area contributed by atoms with Crippen LogP contribution in [-0.2, 0) is 9.53 Å². The monoisotopic (exact) mass is 208 g/mol. The number of para-hydroxylation sites is 1. The van der Waals surface area contributed by atoms with Crippen molar-refractivity contribution in [2.75, 3.05) is 6.61 Å². The van der Waals surface area contributed by atoms with E-state index in [-0.39, 0.29) is 5.97 Å². The van der Waals surface area contributed by atoms with Crippen LogP contribution < -0.4 is 4.74 Å². The molecule has 3 nitrogen and oxygen atoms in total. The van der Waals surface area contributed by atoms with Gasteiger partial charge < -0.3 is 9.47 Å². The molecule has 0 aliphatic rings. The van der Waals surface area contributed by atoms with Gasteiger partial charge in [0, 0.05) is 0 Å². The highest BCUT2D eigenvalue weighted by molar-refractivity contribution is 5.74. The standard InChI is InChI=1S/C12H16O3/c1-4-14-12(13)10(3)15-11-8-6-5-7-9(11)2/h5-8,10H,4H2,1-3H3/t10-/m1/s1. The van der Waals surface area contributed by atoms with Crippen molar-refractivity contribution in [1.29, 1.82) is 0 Å². The van der Waals surface area contributed by atoms with E-state index in [1.165, 1.54) is 0 Å². The molecule has 0 bridgehead atoms. The van der Waals surface area contributed by atoms with Crippen molar-refractivity contribution in [2.24, 2.45) is 0 Å². The Hall–Kier alpha value is -1.51. The van der Waals surface area contributed by atoms with Crippen LogP contribution in [0.1, 0.15) is 19.4 Å². The van der Waals surface area contributed by atoms with Crippen LogP contribution in [0.2, 0.25) is 0 Å². The van der Waals surface area contributed by atoms with Crippen molar-refractivity contribution in [1.82, 2.24) is 0 Å². The Morgan fingerprint density at radius 2 is 2.07 bits per heavy atom. The lowest BCUT2D eigenvalue weighted by atomic mass is 10.2. The second-order valence-electron chi connectivity index (χ2n) is 3.28. The molecule has 1 rings (SSSR count). The van der Waals surface area contributed by atoms with E-state index in [0.717, 1.165) is 11.3 Å². The molecule has 3 heteroatoms. The number of ether oxygens (including phenoxy) is 2. The third kappa shape index (κ3) is 3.27. The van der Waals surface area contributed by atoms with Crippen LogP contribution in [-0.4, -0.2) is 18.7 Å². The lowest BCUT2D eigenvalue weighted by Crippen LogP contribution is -2.26. The largest absolute Gasteiger partial charge is 0.479 e. The number of aryl methyl sites for hydroxylation is 1. The van der Waals surface area contributed by atoms with Crippen molar-refractivity contribution in [3.8, 4) is 5.75 Å². The summed E-state index contributed by atoms with van der Waals surface area (Å²) in [4.78, 5) is 11.3. The minimum atomic E-state index is -0.564. The normalized spacial score (nSPS) is 11.9. The summed E-state index contributed by atoms with van der Waals surface area (Å²) in [6.45, 7) is 5.77. The van der Waals surface area contributed by atoms with Crippen LogP contribution in [0.3, 0.4) is 0 Å². The highest BCUT2D eigenvalue weighted by Gasteiger charge is 2.15. The predicted molar refractivity (Wildman–Crippen MR) is 57.9 cm³/mol. The molecule has 1 atom stereocenters. The van der Waals surface area contributed by atoms with Gasteiger partial charge in [-0.05, 0) is 32.4 Å². The second kappa shape index (κ2) is 5.39. The van der Waals surface area contributed by atoms with Crippen LogP contribution >= 0.6 is 0 Å². The zero-order chi connectivity index (χ0) is 11.3. The summed E-state index contributed by atoms with van der Waals surface area (Å²) in [6.07, 6.45) is -0.564. The summed E-state index contributed by atoms with van der Waals surface area (Å²) in [5.74, 6) is 0.388. The van der Waals surface area contributed by atoms with Gasteiger partial charge in [0.2, 0.25) is 0 Å². The third-order valence-corrected chi connectivity index (χ3v) is 2.02. The fourth-order valence-electron chi connectivity index (χ4n) is 1.19. The molecule has 0 heterocycles. The quantitative estimate of drug-likeness (QED) is 0.712. The van der Waals surface area contributed by atoms with E-state index in [1.807, 2.05) is 31.2 Å². The smallest absolute Gasteiger partial charge is 0.347 e. The summed E-state index contributed by atoms with van der Waals surface area (Å²) < 4.78 is 10.3.